The second-order valence-electron chi connectivity index (χ2n) is 11.5. The summed E-state index contributed by atoms with van der Waals surface area (Å²) in [6.45, 7) is 6.92. The van der Waals surface area contributed by atoms with Crippen LogP contribution in [0.2, 0.25) is 0 Å². The van der Waals surface area contributed by atoms with Crippen molar-refractivity contribution in [2.75, 3.05) is 4.90 Å². The van der Waals surface area contributed by atoms with Crippen LogP contribution in [0.5, 0.6) is 0 Å². The Morgan fingerprint density at radius 2 is 1.25 bits per heavy atom. The number of fused-ring (bicyclic) bond motifs is 8. The van der Waals surface area contributed by atoms with Crippen molar-refractivity contribution >= 4 is 49.8 Å². The molecule has 2 nitrogen and oxygen atoms in total. The molecule has 6 aromatic carbocycles. The molecule has 0 bridgehead atoms. The van der Waals surface area contributed by atoms with E-state index in [1.807, 2.05) is 12.1 Å². The summed E-state index contributed by atoms with van der Waals surface area (Å²) in [6.07, 6.45) is 0. The molecule has 40 heavy (non-hydrogen) atoms. The number of aryl methyl sites for hydroxylation is 1. The first kappa shape index (κ1) is 23.1. The number of anilines is 3. The molecular weight excluding hydrogens is 486 g/mol. The molecule has 7 aromatic rings. The van der Waals surface area contributed by atoms with Crippen LogP contribution in [-0.4, -0.2) is 0 Å². The first-order valence-electron chi connectivity index (χ1n) is 13.9. The molecule has 0 aliphatic heterocycles. The lowest BCUT2D eigenvalue weighted by Crippen LogP contribution is -2.17. The number of hydrogen-bond acceptors (Lipinski definition) is 2. The average Bonchev–Trinajstić information content (AvgIpc) is 3.46. The molecule has 0 amide bonds. The zero-order valence-corrected chi connectivity index (χ0v) is 22.9. The molecule has 1 aliphatic rings. The van der Waals surface area contributed by atoms with Crippen LogP contribution in [0.15, 0.2) is 126 Å². The van der Waals surface area contributed by atoms with Gasteiger partial charge in [-0.15, -0.1) is 0 Å². The summed E-state index contributed by atoms with van der Waals surface area (Å²) in [5.74, 6) is 0. The molecule has 2 heteroatoms. The van der Waals surface area contributed by atoms with Gasteiger partial charge in [0.2, 0.25) is 0 Å². The number of hydrogen-bond donors (Lipinski definition) is 0. The van der Waals surface area contributed by atoms with Gasteiger partial charge in [0.1, 0.15) is 11.2 Å². The molecule has 0 radical (unpaired) electrons. The van der Waals surface area contributed by atoms with Crippen LogP contribution in [0.4, 0.5) is 17.1 Å². The van der Waals surface area contributed by atoms with Crippen LogP contribution in [-0.2, 0) is 5.41 Å². The fraction of sp³-hybridized carbons (Fsp3) is 0.105. The minimum Gasteiger partial charge on any atom is -0.456 e. The van der Waals surface area contributed by atoms with Crippen LogP contribution in [0.25, 0.3) is 43.8 Å². The van der Waals surface area contributed by atoms with E-state index in [0.717, 1.165) is 33.3 Å². The van der Waals surface area contributed by atoms with Crippen LogP contribution in [0.1, 0.15) is 30.5 Å². The average molecular weight is 516 g/mol. The van der Waals surface area contributed by atoms with E-state index in [0.29, 0.717) is 0 Å². The van der Waals surface area contributed by atoms with Crippen molar-refractivity contribution in [3.8, 4) is 11.1 Å². The number of para-hydroxylation sites is 2. The van der Waals surface area contributed by atoms with Gasteiger partial charge in [0, 0.05) is 32.9 Å². The molecule has 0 unspecified atom stereocenters. The minimum absolute atomic E-state index is 0.109. The second-order valence-corrected chi connectivity index (χ2v) is 11.5. The zero-order valence-electron chi connectivity index (χ0n) is 22.9. The van der Waals surface area contributed by atoms with E-state index in [2.05, 4.69) is 135 Å². The summed E-state index contributed by atoms with van der Waals surface area (Å²) in [4.78, 5) is 2.41. The Bertz CT molecular complexity index is 2100. The highest BCUT2D eigenvalue weighted by atomic mass is 16.3. The molecule has 0 fully saturated rings. The fourth-order valence-corrected chi connectivity index (χ4v) is 6.72. The molecule has 0 atom stereocenters. The van der Waals surface area contributed by atoms with E-state index in [1.54, 1.807) is 0 Å². The van der Waals surface area contributed by atoms with Crippen LogP contribution < -0.4 is 4.90 Å². The maximum absolute atomic E-state index is 6.18. The Balaban J connectivity index is 1.45. The van der Waals surface area contributed by atoms with Gasteiger partial charge in [-0.05, 0) is 77.0 Å². The molecule has 0 spiro atoms. The van der Waals surface area contributed by atoms with E-state index >= 15 is 0 Å². The number of benzene rings is 6. The standard InChI is InChI=1S/C38H29NO/c1-24-17-19-30-32(21-24)38(2,3)33-23-34(27-13-7-8-15-29(27)37(30)33)39(25-11-5-4-6-12-25)26-18-20-36-31(22-26)28-14-9-10-16-35(28)40-36/h4-23H,1-3H3. The predicted octanol–water partition coefficient (Wildman–Crippen LogP) is 10.8. The van der Waals surface area contributed by atoms with Crippen molar-refractivity contribution in [2.45, 2.75) is 26.2 Å². The molecule has 0 saturated carbocycles. The largest absolute Gasteiger partial charge is 0.456 e. The molecular formula is C38H29NO. The SMILES string of the molecule is Cc1ccc2c(c1)C(C)(C)c1cc(N(c3ccccc3)c3ccc4oc5ccccc5c4c3)c3ccccc3c1-2. The van der Waals surface area contributed by atoms with Crippen molar-refractivity contribution in [3.05, 3.63) is 138 Å². The van der Waals surface area contributed by atoms with Gasteiger partial charge in [-0.1, -0.05) is 98.3 Å². The smallest absolute Gasteiger partial charge is 0.135 e. The molecule has 1 heterocycles. The first-order valence-corrected chi connectivity index (χ1v) is 13.9. The van der Waals surface area contributed by atoms with Gasteiger partial charge >= 0.3 is 0 Å². The molecule has 192 valence electrons. The highest BCUT2D eigenvalue weighted by Crippen LogP contribution is 2.54. The highest BCUT2D eigenvalue weighted by Gasteiger charge is 2.37. The van der Waals surface area contributed by atoms with E-state index in [1.165, 1.54) is 44.3 Å². The topological polar surface area (TPSA) is 16.4 Å². The number of furan rings is 1. The van der Waals surface area contributed by atoms with Gasteiger partial charge < -0.3 is 9.32 Å². The quantitative estimate of drug-likeness (QED) is 0.233. The Kier molecular flexibility index (Phi) is 4.82. The van der Waals surface area contributed by atoms with Gasteiger partial charge in [0.25, 0.3) is 0 Å². The van der Waals surface area contributed by atoms with Crippen molar-refractivity contribution < 1.29 is 4.42 Å². The Hall–Kier alpha value is -4.82. The van der Waals surface area contributed by atoms with Crippen molar-refractivity contribution in [1.29, 1.82) is 0 Å². The van der Waals surface area contributed by atoms with E-state index in [9.17, 15) is 0 Å². The van der Waals surface area contributed by atoms with Crippen molar-refractivity contribution in [3.63, 3.8) is 0 Å². The third-order valence-corrected chi connectivity index (χ3v) is 8.69. The summed E-state index contributed by atoms with van der Waals surface area (Å²) in [5, 5.41) is 4.80. The van der Waals surface area contributed by atoms with Crippen molar-refractivity contribution in [2.24, 2.45) is 0 Å². The van der Waals surface area contributed by atoms with E-state index in [-0.39, 0.29) is 5.41 Å². The Morgan fingerprint density at radius 3 is 2.08 bits per heavy atom. The minimum atomic E-state index is -0.109. The summed E-state index contributed by atoms with van der Waals surface area (Å²) in [5.41, 5.74) is 11.9. The highest BCUT2D eigenvalue weighted by molar-refractivity contribution is 6.11. The van der Waals surface area contributed by atoms with E-state index < -0.39 is 0 Å². The maximum atomic E-state index is 6.18. The monoisotopic (exact) mass is 515 g/mol. The van der Waals surface area contributed by atoms with E-state index in [4.69, 9.17) is 4.42 Å². The van der Waals surface area contributed by atoms with Gasteiger partial charge in [-0.25, -0.2) is 0 Å². The third kappa shape index (κ3) is 3.23. The lowest BCUT2D eigenvalue weighted by Gasteiger charge is -2.30. The first-order chi connectivity index (χ1) is 19.5. The number of rotatable bonds is 3. The lowest BCUT2D eigenvalue weighted by molar-refractivity contribution is 0.660. The summed E-state index contributed by atoms with van der Waals surface area (Å²) in [6, 6.07) is 43.8. The number of nitrogens with zero attached hydrogens (tertiary/aromatic N) is 1. The maximum Gasteiger partial charge on any atom is 0.135 e. The van der Waals surface area contributed by atoms with Gasteiger partial charge in [-0.3, -0.25) is 0 Å². The van der Waals surface area contributed by atoms with Gasteiger partial charge in [0.05, 0.1) is 5.69 Å². The Labute approximate surface area is 234 Å². The molecule has 0 N–H and O–H groups in total. The van der Waals surface area contributed by atoms with Crippen molar-refractivity contribution in [1.82, 2.24) is 0 Å². The van der Waals surface area contributed by atoms with Crippen LogP contribution in [0, 0.1) is 6.92 Å². The van der Waals surface area contributed by atoms with Gasteiger partial charge in [-0.2, -0.15) is 0 Å². The Morgan fingerprint density at radius 1 is 0.550 bits per heavy atom. The lowest BCUT2D eigenvalue weighted by atomic mass is 9.81. The summed E-state index contributed by atoms with van der Waals surface area (Å²) >= 11 is 0. The molecule has 8 rings (SSSR count). The third-order valence-electron chi connectivity index (χ3n) is 8.69. The predicted molar refractivity (Wildman–Crippen MR) is 168 cm³/mol. The molecule has 0 saturated heterocycles. The fourth-order valence-electron chi connectivity index (χ4n) is 6.72. The zero-order chi connectivity index (χ0) is 27.0. The van der Waals surface area contributed by atoms with Gasteiger partial charge in [0.15, 0.2) is 0 Å². The molecule has 1 aromatic heterocycles. The van der Waals surface area contributed by atoms with Crippen LogP contribution >= 0.6 is 0 Å². The summed E-state index contributed by atoms with van der Waals surface area (Å²) in [7, 11) is 0. The normalized spacial score (nSPS) is 13.6. The summed E-state index contributed by atoms with van der Waals surface area (Å²) < 4.78 is 6.18. The molecule has 1 aliphatic carbocycles. The van der Waals surface area contributed by atoms with Crippen LogP contribution in [0.3, 0.4) is 0 Å². The second kappa shape index (κ2) is 8.34.